The summed E-state index contributed by atoms with van der Waals surface area (Å²) in [6.45, 7) is 4.50. The molecule has 0 bridgehead atoms. The minimum atomic E-state index is -0.0304. The third kappa shape index (κ3) is 5.09. The number of hydrogen-bond donors (Lipinski definition) is 2. The lowest BCUT2D eigenvalue weighted by molar-refractivity contribution is 0.0909. The predicted molar refractivity (Wildman–Crippen MR) is 104 cm³/mol. The molecule has 4 heteroatoms. The van der Waals surface area contributed by atoms with Crippen molar-refractivity contribution in [3.63, 3.8) is 0 Å². The van der Waals surface area contributed by atoms with Gasteiger partial charge in [0.05, 0.1) is 0 Å². The van der Waals surface area contributed by atoms with Crippen molar-refractivity contribution in [2.45, 2.75) is 77.3 Å². The quantitative estimate of drug-likeness (QED) is 0.845. The summed E-state index contributed by atoms with van der Waals surface area (Å²) in [7, 11) is 0. The number of rotatable bonds is 4. The number of hydrogen-bond acceptors (Lipinski definition) is 2. The van der Waals surface area contributed by atoms with E-state index in [4.69, 9.17) is 0 Å². The maximum atomic E-state index is 12.4. The van der Waals surface area contributed by atoms with Crippen LogP contribution in [0.3, 0.4) is 0 Å². The molecule has 2 fully saturated rings. The van der Waals surface area contributed by atoms with E-state index in [1.54, 1.807) is 24.3 Å². The van der Waals surface area contributed by atoms with E-state index < -0.39 is 0 Å². The number of nitrogens with one attached hydrogen (secondary N) is 2. The second-order valence-corrected chi connectivity index (χ2v) is 8.46. The van der Waals surface area contributed by atoms with Crippen LogP contribution in [0.1, 0.15) is 85.9 Å². The lowest BCUT2D eigenvalue weighted by Crippen LogP contribution is -2.38. The van der Waals surface area contributed by atoms with Gasteiger partial charge in [-0.05, 0) is 61.8 Å². The highest BCUT2D eigenvalue weighted by Crippen LogP contribution is 2.24. The molecular weight excluding hydrogens is 324 g/mol. The molecule has 4 atom stereocenters. The monoisotopic (exact) mass is 356 g/mol. The molecule has 2 N–H and O–H groups in total. The molecule has 0 saturated heterocycles. The van der Waals surface area contributed by atoms with Gasteiger partial charge in [-0.15, -0.1) is 0 Å². The lowest BCUT2D eigenvalue weighted by Gasteiger charge is -2.27. The van der Waals surface area contributed by atoms with Crippen LogP contribution in [0, 0.1) is 11.8 Å². The van der Waals surface area contributed by atoms with Gasteiger partial charge < -0.3 is 10.6 Å². The second kappa shape index (κ2) is 8.70. The van der Waals surface area contributed by atoms with Crippen molar-refractivity contribution in [3.05, 3.63) is 35.4 Å². The van der Waals surface area contributed by atoms with Crippen LogP contribution in [0.25, 0.3) is 0 Å². The number of carbonyl (C=O) groups is 2. The Morgan fingerprint density at radius 3 is 1.46 bits per heavy atom. The zero-order valence-corrected chi connectivity index (χ0v) is 16.1. The van der Waals surface area contributed by atoms with Crippen LogP contribution in [0.5, 0.6) is 0 Å². The molecule has 2 aliphatic carbocycles. The fourth-order valence-electron chi connectivity index (χ4n) is 4.44. The van der Waals surface area contributed by atoms with Gasteiger partial charge in [0.25, 0.3) is 11.8 Å². The maximum Gasteiger partial charge on any atom is 0.251 e. The highest BCUT2D eigenvalue weighted by Gasteiger charge is 2.22. The van der Waals surface area contributed by atoms with Crippen molar-refractivity contribution in [3.8, 4) is 0 Å². The Morgan fingerprint density at radius 1 is 0.731 bits per heavy atom. The van der Waals surface area contributed by atoms with E-state index in [2.05, 4.69) is 24.5 Å². The van der Waals surface area contributed by atoms with Gasteiger partial charge in [-0.1, -0.05) is 39.5 Å². The van der Waals surface area contributed by atoms with Crippen molar-refractivity contribution in [1.29, 1.82) is 0 Å². The van der Waals surface area contributed by atoms with Crippen molar-refractivity contribution < 1.29 is 9.59 Å². The van der Waals surface area contributed by atoms with E-state index in [9.17, 15) is 9.59 Å². The minimum Gasteiger partial charge on any atom is -0.349 e. The highest BCUT2D eigenvalue weighted by atomic mass is 16.2. The molecule has 0 aromatic heterocycles. The Balaban J connectivity index is 1.53. The van der Waals surface area contributed by atoms with Gasteiger partial charge in [0, 0.05) is 23.2 Å². The van der Waals surface area contributed by atoms with Crippen molar-refractivity contribution in [2.75, 3.05) is 0 Å². The summed E-state index contributed by atoms with van der Waals surface area (Å²) in [5.41, 5.74) is 1.26. The first-order chi connectivity index (χ1) is 12.5. The third-order valence-corrected chi connectivity index (χ3v) is 5.95. The smallest absolute Gasteiger partial charge is 0.251 e. The molecular formula is C22H32N2O2. The molecule has 0 aliphatic heterocycles. The Kier molecular flexibility index (Phi) is 6.33. The van der Waals surface area contributed by atoms with Gasteiger partial charge in [-0.3, -0.25) is 9.59 Å². The van der Waals surface area contributed by atoms with Gasteiger partial charge in [-0.25, -0.2) is 0 Å². The minimum absolute atomic E-state index is 0.0304. The molecule has 142 valence electrons. The van der Waals surface area contributed by atoms with Gasteiger partial charge in [0.2, 0.25) is 0 Å². The predicted octanol–water partition coefficient (Wildman–Crippen LogP) is 4.30. The summed E-state index contributed by atoms with van der Waals surface area (Å²) >= 11 is 0. The molecule has 0 spiro atoms. The first-order valence-corrected chi connectivity index (χ1v) is 10.2. The van der Waals surface area contributed by atoms with Gasteiger partial charge in [-0.2, -0.15) is 0 Å². The van der Waals surface area contributed by atoms with Crippen LogP contribution in [0.2, 0.25) is 0 Å². The van der Waals surface area contributed by atoms with E-state index in [1.165, 1.54) is 25.7 Å². The van der Waals surface area contributed by atoms with E-state index >= 15 is 0 Å². The zero-order chi connectivity index (χ0) is 18.5. The average Bonchev–Trinajstić information content (AvgIpc) is 2.62. The summed E-state index contributed by atoms with van der Waals surface area (Å²) in [6, 6.07) is 7.62. The fraction of sp³-hybridized carbons (Fsp3) is 0.636. The summed E-state index contributed by atoms with van der Waals surface area (Å²) in [5, 5.41) is 6.29. The van der Waals surface area contributed by atoms with Gasteiger partial charge >= 0.3 is 0 Å². The molecule has 4 unspecified atom stereocenters. The summed E-state index contributed by atoms with van der Waals surface area (Å²) < 4.78 is 0. The summed E-state index contributed by atoms with van der Waals surface area (Å²) in [4.78, 5) is 24.9. The Morgan fingerprint density at radius 2 is 1.12 bits per heavy atom. The molecule has 3 rings (SSSR count). The Bertz CT molecular complexity index is 571. The largest absolute Gasteiger partial charge is 0.349 e. The normalized spacial score (nSPS) is 29.0. The first-order valence-electron chi connectivity index (χ1n) is 10.2. The van der Waals surface area contributed by atoms with E-state index in [1.807, 2.05) is 0 Å². The van der Waals surface area contributed by atoms with Crippen LogP contribution < -0.4 is 10.6 Å². The Hall–Kier alpha value is -1.84. The van der Waals surface area contributed by atoms with Gasteiger partial charge in [0.1, 0.15) is 0 Å². The molecule has 0 heterocycles. The van der Waals surface area contributed by atoms with Crippen LogP contribution in [0.15, 0.2) is 24.3 Å². The molecule has 26 heavy (non-hydrogen) atoms. The SMILES string of the molecule is CC1CCCC(NC(=O)c2ccc(C(=O)NC3CCCC(C)C3)cc2)C1. The fourth-order valence-corrected chi connectivity index (χ4v) is 4.44. The van der Waals surface area contributed by atoms with Crippen molar-refractivity contribution in [2.24, 2.45) is 11.8 Å². The second-order valence-electron chi connectivity index (χ2n) is 8.46. The first kappa shape index (κ1) is 18.9. The van der Waals surface area contributed by atoms with Crippen LogP contribution in [-0.2, 0) is 0 Å². The molecule has 2 amide bonds. The average molecular weight is 357 g/mol. The molecule has 2 saturated carbocycles. The standard InChI is InChI=1S/C22H32N2O2/c1-15-5-3-7-19(13-15)23-21(25)17-9-11-18(12-10-17)22(26)24-20-8-4-6-16(2)14-20/h9-12,15-16,19-20H,3-8,13-14H2,1-2H3,(H,23,25)(H,24,26). The number of amides is 2. The van der Waals surface area contributed by atoms with Gasteiger partial charge in [0.15, 0.2) is 0 Å². The molecule has 1 aromatic rings. The molecule has 4 nitrogen and oxygen atoms in total. The highest BCUT2D eigenvalue weighted by molar-refractivity contribution is 5.98. The maximum absolute atomic E-state index is 12.4. The zero-order valence-electron chi connectivity index (χ0n) is 16.1. The van der Waals surface area contributed by atoms with Crippen molar-refractivity contribution in [1.82, 2.24) is 10.6 Å². The molecule has 1 aromatic carbocycles. The summed E-state index contributed by atoms with van der Waals surface area (Å²) in [6.07, 6.45) is 9.15. The molecule has 2 aliphatic rings. The summed E-state index contributed by atoms with van der Waals surface area (Å²) in [5.74, 6) is 1.31. The van der Waals surface area contributed by atoms with Crippen LogP contribution >= 0.6 is 0 Å². The third-order valence-electron chi connectivity index (χ3n) is 5.95. The number of carbonyl (C=O) groups excluding carboxylic acids is 2. The van der Waals surface area contributed by atoms with Crippen molar-refractivity contribution >= 4 is 11.8 Å². The molecule has 0 radical (unpaired) electrons. The number of benzene rings is 1. The Labute approximate surface area is 157 Å². The van der Waals surface area contributed by atoms with Crippen LogP contribution in [-0.4, -0.2) is 23.9 Å². The van der Waals surface area contributed by atoms with E-state index in [0.29, 0.717) is 23.0 Å². The van der Waals surface area contributed by atoms with E-state index in [-0.39, 0.29) is 23.9 Å². The topological polar surface area (TPSA) is 58.2 Å². The van der Waals surface area contributed by atoms with Crippen LogP contribution in [0.4, 0.5) is 0 Å². The van der Waals surface area contributed by atoms with E-state index in [0.717, 1.165) is 25.7 Å². The lowest BCUT2D eigenvalue weighted by atomic mass is 9.87.